The molecule has 3 aromatic heterocycles. The third-order valence-corrected chi connectivity index (χ3v) is 4.72. The van der Waals surface area contributed by atoms with Crippen molar-refractivity contribution in [2.24, 2.45) is 0 Å². The maximum atomic E-state index is 12.1. The number of nitrogens with zero attached hydrogens (tertiary/aromatic N) is 5. The summed E-state index contributed by atoms with van der Waals surface area (Å²) in [6.07, 6.45) is 1.85. The van der Waals surface area contributed by atoms with E-state index < -0.39 is 0 Å². The Hall–Kier alpha value is -3.40. The van der Waals surface area contributed by atoms with Gasteiger partial charge >= 0.3 is 0 Å². The molecule has 4 rings (SSSR count). The lowest BCUT2D eigenvalue weighted by atomic mass is 10.2. The first kappa shape index (κ1) is 18.0. The summed E-state index contributed by atoms with van der Waals surface area (Å²) in [6, 6.07) is 12.9. The number of rotatable bonds is 7. The summed E-state index contributed by atoms with van der Waals surface area (Å²) in [6.45, 7) is 0.283. The van der Waals surface area contributed by atoms with Gasteiger partial charge in [0, 0.05) is 11.8 Å². The van der Waals surface area contributed by atoms with Gasteiger partial charge in [-0.05, 0) is 36.4 Å². The zero-order valence-corrected chi connectivity index (χ0v) is 15.7. The first-order valence-electron chi connectivity index (χ1n) is 8.39. The van der Waals surface area contributed by atoms with E-state index in [0.29, 0.717) is 16.9 Å². The van der Waals surface area contributed by atoms with Crippen LogP contribution in [0.5, 0.6) is 5.75 Å². The molecule has 4 aromatic rings. The van der Waals surface area contributed by atoms with E-state index in [-0.39, 0.29) is 18.2 Å². The fourth-order valence-corrected chi connectivity index (χ4v) is 3.08. The quantitative estimate of drug-likeness (QED) is 0.474. The molecule has 3 heterocycles. The molecule has 0 saturated heterocycles. The number of thioether (sulfide) groups is 1. The highest BCUT2D eigenvalue weighted by Gasteiger charge is 2.12. The molecule has 0 saturated carbocycles. The number of amides is 1. The van der Waals surface area contributed by atoms with Crippen LogP contribution in [0.15, 0.2) is 58.3 Å². The van der Waals surface area contributed by atoms with Crippen LogP contribution >= 0.6 is 11.8 Å². The van der Waals surface area contributed by atoms with Crippen LogP contribution in [0, 0.1) is 0 Å². The summed E-state index contributed by atoms with van der Waals surface area (Å²) >= 11 is 1.17. The van der Waals surface area contributed by atoms with E-state index >= 15 is 0 Å². The largest absolute Gasteiger partial charge is 0.497 e. The first-order chi connectivity index (χ1) is 13.7. The van der Waals surface area contributed by atoms with E-state index in [4.69, 9.17) is 9.15 Å². The second kappa shape index (κ2) is 8.09. The Morgan fingerprint density at radius 3 is 2.82 bits per heavy atom. The topological polar surface area (TPSA) is 107 Å². The molecule has 1 amide bonds. The maximum absolute atomic E-state index is 12.1. The fraction of sp³-hybridized carbons (Fsp3) is 0.167. The summed E-state index contributed by atoms with van der Waals surface area (Å²) in [5.41, 5.74) is 1.52. The molecule has 0 aliphatic rings. The number of methoxy groups -OCH3 is 1. The SMILES string of the molecule is COc1ccc(-c2nnc(SCC(=O)NCc3nnc4ccccn34)o2)cc1. The third kappa shape index (κ3) is 3.96. The van der Waals surface area contributed by atoms with Gasteiger partial charge in [0.05, 0.1) is 19.4 Å². The average molecular weight is 396 g/mol. The molecule has 1 aromatic carbocycles. The smallest absolute Gasteiger partial charge is 0.277 e. The van der Waals surface area contributed by atoms with E-state index in [2.05, 4.69) is 25.7 Å². The molecule has 0 radical (unpaired) electrons. The second-order valence-corrected chi connectivity index (χ2v) is 6.64. The van der Waals surface area contributed by atoms with Gasteiger partial charge in [-0.1, -0.05) is 17.8 Å². The molecule has 10 heteroatoms. The number of benzene rings is 1. The zero-order chi connectivity index (χ0) is 19.3. The fourth-order valence-electron chi connectivity index (χ4n) is 2.49. The van der Waals surface area contributed by atoms with E-state index in [1.807, 2.05) is 53.1 Å². The van der Waals surface area contributed by atoms with Gasteiger partial charge in [0.1, 0.15) is 5.75 Å². The van der Waals surface area contributed by atoms with Gasteiger partial charge in [-0.2, -0.15) is 0 Å². The van der Waals surface area contributed by atoms with Crippen molar-refractivity contribution in [1.82, 2.24) is 30.1 Å². The Labute approximate surface area is 164 Å². The van der Waals surface area contributed by atoms with Gasteiger partial charge in [-0.25, -0.2) is 0 Å². The van der Waals surface area contributed by atoms with Crippen molar-refractivity contribution in [2.75, 3.05) is 12.9 Å². The van der Waals surface area contributed by atoms with Crippen molar-refractivity contribution < 1.29 is 13.9 Å². The van der Waals surface area contributed by atoms with Gasteiger partial charge in [-0.15, -0.1) is 20.4 Å². The number of ether oxygens (including phenoxy) is 1. The Balaban J connectivity index is 1.30. The number of hydrogen-bond acceptors (Lipinski definition) is 8. The normalized spacial score (nSPS) is 10.9. The standard InChI is InChI=1S/C18H16N6O3S/c1-26-13-7-5-12(6-8-13)17-22-23-18(27-17)28-11-16(25)19-10-15-21-20-14-4-2-3-9-24(14)15/h2-9H,10-11H2,1H3,(H,19,25). The molecule has 0 spiro atoms. The van der Waals surface area contributed by atoms with Crippen molar-refractivity contribution in [3.8, 4) is 17.2 Å². The molecular formula is C18H16N6O3S. The lowest BCUT2D eigenvalue weighted by Crippen LogP contribution is -2.25. The molecule has 0 unspecified atom stereocenters. The Morgan fingerprint density at radius 1 is 1.14 bits per heavy atom. The number of fused-ring (bicyclic) bond motifs is 1. The second-order valence-electron chi connectivity index (χ2n) is 5.71. The van der Waals surface area contributed by atoms with Crippen LogP contribution < -0.4 is 10.1 Å². The van der Waals surface area contributed by atoms with Gasteiger partial charge in [0.25, 0.3) is 5.22 Å². The summed E-state index contributed by atoms with van der Waals surface area (Å²) in [4.78, 5) is 12.1. The third-order valence-electron chi connectivity index (χ3n) is 3.90. The zero-order valence-electron chi connectivity index (χ0n) is 14.9. The molecule has 0 aliphatic heterocycles. The Bertz CT molecular complexity index is 1090. The van der Waals surface area contributed by atoms with Gasteiger partial charge in [-0.3, -0.25) is 9.20 Å². The predicted molar refractivity (Wildman–Crippen MR) is 102 cm³/mol. The van der Waals surface area contributed by atoms with Crippen LogP contribution in [-0.2, 0) is 11.3 Å². The van der Waals surface area contributed by atoms with Crippen LogP contribution in [0.25, 0.3) is 17.1 Å². The lowest BCUT2D eigenvalue weighted by molar-refractivity contribution is -0.118. The molecule has 0 bridgehead atoms. The maximum Gasteiger partial charge on any atom is 0.277 e. The molecule has 28 heavy (non-hydrogen) atoms. The Kier molecular flexibility index (Phi) is 5.20. The highest BCUT2D eigenvalue weighted by molar-refractivity contribution is 7.99. The van der Waals surface area contributed by atoms with Gasteiger partial charge < -0.3 is 14.5 Å². The number of nitrogens with one attached hydrogen (secondary N) is 1. The monoisotopic (exact) mass is 396 g/mol. The molecule has 0 fully saturated rings. The van der Waals surface area contributed by atoms with Gasteiger partial charge in [0.15, 0.2) is 11.5 Å². The average Bonchev–Trinajstić information content (AvgIpc) is 3.38. The molecule has 0 atom stereocenters. The van der Waals surface area contributed by atoms with Crippen molar-refractivity contribution in [3.63, 3.8) is 0 Å². The van der Waals surface area contributed by atoms with Gasteiger partial charge in [0.2, 0.25) is 11.8 Å². The van der Waals surface area contributed by atoms with E-state index in [9.17, 15) is 4.79 Å². The number of carbonyl (C=O) groups is 1. The number of pyridine rings is 1. The van der Waals surface area contributed by atoms with Crippen molar-refractivity contribution in [2.45, 2.75) is 11.8 Å². The van der Waals surface area contributed by atoms with E-state index in [0.717, 1.165) is 17.0 Å². The molecule has 1 N–H and O–H groups in total. The van der Waals surface area contributed by atoms with E-state index in [1.165, 1.54) is 11.8 Å². The summed E-state index contributed by atoms with van der Waals surface area (Å²) in [7, 11) is 1.60. The van der Waals surface area contributed by atoms with Crippen LogP contribution in [0.3, 0.4) is 0 Å². The number of aromatic nitrogens is 5. The summed E-state index contributed by atoms with van der Waals surface area (Å²) < 4.78 is 12.5. The highest BCUT2D eigenvalue weighted by Crippen LogP contribution is 2.24. The summed E-state index contributed by atoms with van der Waals surface area (Å²) in [5, 5.41) is 19.2. The van der Waals surface area contributed by atoms with Crippen molar-refractivity contribution in [1.29, 1.82) is 0 Å². The molecule has 142 valence electrons. The summed E-state index contributed by atoms with van der Waals surface area (Å²) in [5.74, 6) is 1.78. The number of carbonyl (C=O) groups excluding carboxylic acids is 1. The minimum Gasteiger partial charge on any atom is -0.497 e. The van der Waals surface area contributed by atoms with Crippen LogP contribution in [-0.4, -0.2) is 43.6 Å². The lowest BCUT2D eigenvalue weighted by Gasteiger charge is -2.02. The minimum atomic E-state index is -0.165. The van der Waals surface area contributed by atoms with Crippen LogP contribution in [0.1, 0.15) is 5.82 Å². The van der Waals surface area contributed by atoms with Crippen molar-refractivity contribution >= 4 is 23.3 Å². The van der Waals surface area contributed by atoms with Crippen LogP contribution in [0.2, 0.25) is 0 Å². The predicted octanol–water partition coefficient (Wildman–Crippen LogP) is 2.20. The highest BCUT2D eigenvalue weighted by atomic mass is 32.2. The first-order valence-corrected chi connectivity index (χ1v) is 9.37. The molecule has 9 nitrogen and oxygen atoms in total. The van der Waals surface area contributed by atoms with Crippen LogP contribution in [0.4, 0.5) is 0 Å². The molecule has 0 aliphatic carbocycles. The Morgan fingerprint density at radius 2 is 2.00 bits per heavy atom. The number of hydrogen-bond donors (Lipinski definition) is 1. The minimum absolute atomic E-state index is 0.154. The molecular weight excluding hydrogens is 380 g/mol. The van der Waals surface area contributed by atoms with E-state index in [1.54, 1.807) is 7.11 Å². The van der Waals surface area contributed by atoms with Crippen molar-refractivity contribution in [3.05, 3.63) is 54.5 Å².